The average molecular weight is 359 g/mol. The van der Waals surface area contributed by atoms with Crippen LogP contribution in [0.1, 0.15) is 16.2 Å². The van der Waals surface area contributed by atoms with Crippen LogP contribution >= 0.6 is 22.6 Å². The lowest BCUT2D eigenvalue weighted by molar-refractivity contribution is 0.0953. The molecular formula is C11H10IN3O3. The normalized spacial score (nSPS) is 10.3. The van der Waals surface area contributed by atoms with Gasteiger partial charge >= 0.3 is 0 Å². The second-order valence-electron chi connectivity index (χ2n) is 3.52. The molecule has 18 heavy (non-hydrogen) atoms. The average Bonchev–Trinajstić information content (AvgIpc) is 2.85. The van der Waals surface area contributed by atoms with Gasteiger partial charge in [0.2, 0.25) is 6.39 Å². The first-order valence-electron chi connectivity index (χ1n) is 5.19. The van der Waals surface area contributed by atoms with Crippen LogP contribution in [0, 0.1) is 3.57 Å². The molecule has 7 heteroatoms. The molecule has 2 aromatic rings. The Morgan fingerprint density at radius 1 is 1.50 bits per heavy atom. The Bertz CT molecular complexity index is 542. The third-order valence-electron chi connectivity index (χ3n) is 2.25. The SMILES string of the molecule is O=C(NCCc1ncon1)c1ccc(I)c(O)c1. The minimum absolute atomic E-state index is 0.0985. The van der Waals surface area contributed by atoms with Gasteiger partial charge < -0.3 is 14.9 Å². The highest BCUT2D eigenvalue weighted by atomic mass is 127. The van der Waals surface area contributed by atoms with E-state index in [-0.39, 0.29) is 11.7 Å². The van der Waals surface area contributed by atoms with Gasteiger partial charge in [0, 0.05) is 18.5 Å². The maximum absolute atomic E-state index is 11.7. The molecule has 0 fully saturated rings. The molecule has 0 unspecified atom stereocenters. The minimum atomic E-state index is -0.245. The number of phenolic OH excluding ortho intramolecular Hbond substituents is 1. The number of halogens is 1. The van der Waals surface area contributed by atoms with Crippen LogP contribution in [0.5, 0.6) is 5.75 Å². The molecular weight excluding hydrogens is 349 g/mol. The van der Waals surface area contributed by atoms with Gasteiger partial charge in [0.15, 0.2) is 5.82 Å². The zero-order valence-electron chi connectivity index (χ0n) is 9.26. The fourth-order valence-corrected chi connectivity index (χ4v) is 1.68. The second-order valence-corrected chi connectivity index (χ2v) is 4.68. The molecule has 0 aliphatic heterocycles. The molecule has 0 saturated carbocycles. The lowest BCUT2D eigenvalue weighted by Gasteiger charge is -2.04. The number of benzene rings is 1. The van der Waals surface area contributed by atoms with E-state index in [4.69, 9.17) is 0 Å². The number of aromatic hydroxyl groups is 1. The van der Waals surface area contributed by atoms with Crippen LogP contribution in [0.3, 0.4) is 0 Å². The van der Waals surface area contributed by atoms with Crippen molar-refractivity contribution in [1.82, 2.24) is 15.5 Å². The fraction of sp³-hybridized carbons (Fsp3) is 0.182. The molecule has 1 amide bonds. The van der Waals surface area contributed by atoms with Crippen LogP contribution in [0.4, 0.5) is 0 Å². The molecule has 0 saturated heterocycles. The van der Waals surface area contributed by atoms with E-state index in [0.29, 0.717) is 27.9 Å². The number of nitrogens with zero attached hydrogens (tertiary/aromatic N) is 2. The molecule has 1 aromatic carbocycles. The fourth-order valence-electron chi connectivity index (χ4n) is 1.35. The molecule has 0 aliphatic carbocycles. The first-order chi connectivity index (χ1) is 8.66. The van der Waals surface area contributed by atoms with Gasteiger partial charge in [0.05, 0.1) is 3.57 Å². The quantitative estimate of drug-likeness (QED) is 0.805. The summed E-state index contributed by atoms with van der Waals surface area (Å²) in [6.07, 6.45) is 1.74. The molecule has 6 nitrogen and oxygen atoms in total. The number of carbonyl (C=O) groups is 1. The van der Waals surface area contributed by atoms with Crippen LogP contribution < -0.4 is 5.32 Å². The molecule has 2 N–H and O–H groups in total. The van der Waals surface area contributed by atoms with Gasteiger partial charge in [-0.25, -0.2) is 0 Å². The Kier molecular flexibility index (Phi) is 4.13. The summed E-state index contributed by atoms with van der Waals surface area (Å²) in [5.74, 6) is 0.396. The van der Waals surface area contributed by atoms with Crippen LogP contribution in [-0.4, -0.2) is 27.7 Å². The van der Waals surface area contributed by atoms with E-state index in [0.717, 1.165) is 0 Å². The van der Waals surface area contributed by atoms with Crippen LogP contribution in [0.2, 0.25) is 0 Å². The van der Waals surface area contributed by atoms with Crippen LogP contribution in [0.25, 0.3) is 0 Å². The third-order valence-corrected chi connectivity index (χ3v) is 3.16. The Morgan fingerprint density at radius 3 is 3.00 bits per heavy atom. The van der Waals surface area contributed by atoms with Crippen molar-refractivity contribution in [3.63, 3.8) is 0 Å². The summed E-state index contributed by atoms with van der Waals surface area (Å²) in [5, 5.41) is 15.8. The standard InChI is InChI=1S/C11H10IN3O3/c12-8-2-1-7(5-9(8)16)11(17)13-4-3-10-14-6-18-15-10/h1-2,5-6,16H,3-4H2,(H,13,17). The molecule has 0 atom stereocenters. The summed E-state index contributed by atoms with van der Waals surface area (Å²) in [6, 6.07) is 4.78. The topological polar surface area (TPSA) is 88.3 Å². The van der Waals surface area contributed by atoms with Gasteiger partial charge in [0.1, 0.15) is 5.75 Å². The molecule has 0 radical (unpaired) electrons. The predicted molar refractivity (Wildman–Crippen MR) is 71.2 cm³/mol. The van der Waals surface area contributed by atoms with Crippen LogP contribution in [0.15, 0.2) is 29.1 Å². The highest BCUT2D eigenvalue weighted by Gasteiger charge is 2.08. The van der Waals surface area contributed by atoms with E-state index in [1.807, 2.05) is 22.6 Å². The third kappa shape index (κ3) is 3.19. The molecule has 94 valence electrons. The highest BCUT2D eigenvalue weighted by Crippen LogP contribution is 2.20. The van der Waals surface area contributed by atoms with Crippen LogP contribution in [-0.2, 0) is 6.42 Å². The van der Waals surface area contributed by atoms with E-state index in [9.17, 15) is 9.90 Å². The molecule has 2 rings (SSSR count). The molecule has 0 bridgehead atoms. The Labute approximate surface area is 117 Å². The molecule has 1 aromatic heterocycles. The largest absolute Gasteiger partial charge is 0.507 e. The van der Waals surface area contributed by atoms with Crippen molar-refractivity contribution in [3.05, 3.63) is 39.6 Å². The Hall–Kier alpha value is -1.64. The first kappa shape index (κ1) is 12.8. The summed E-state index contributed by atoms with van der Waals surface area (Å²) in [7, 11) is 0. The van der Waals surface area contributed by atoms with Crippen molar-refractivity contribution in [2.75, 3.05) is 6.54 Å². The first-order valence-corrected chi connectivity index (χ1v) is 6.26. The van der Waals surface area contributed by atoms with Gasteiger partial charge in [-0.2, -0.15) is 4.98 Å². The lowest BCUT2D eigenvalue weighted by atomic mass is 10.2. The van der Waals surface area contributed by atoms with E-state index < -0.39 is 0 Å². The van der Waals surface area contributed by atoms with Crippen molar-refractivity contribution in [1.29, 1.82) is 0 Å². The highest BCUT2D eigenvalue weighted by molar-refractivity contribution is 14.1. The van der Waals surface area contributed by atoms with Crippen molar-refractivity contribution in [2.45, 2.75) is 6.42 Å². The van der Waals surface area contributed by atoms with Gasteiger partial charge in [0.25, 0.3) is 5.91 Å². The Balaban J connectivity index is 1.89. The number of carbonyl (C=O) groups excluding carboxylic acids is 1. The summed E-state index contributed by atoms with van der Waals surface area (Å²) >= 11 is 1.99. The maximum Gasteiger partial charge on any atom is 0.251 e. The van der Waals surface area contributed by atoms with E-state index in [2.05, 4.69) is 20.0 Å². The van der Waals surface area contributed by atoms with E-state index in [1.165, 1.54) is 12.5 Å². The Morgan fingerprint density at radius 2 is 2.33 bits per heavy atom. The second kappa shape index (κ2) is 5.80. The number of hydrogen-bond donors (Lipinski definition) is 2. The minimum Gasteiger partial charge on any atom is -0.507 e. The van der Waals surface area contributed by atoms with Gasteiger partial charge in [-0.3, -0.25) is 4.79 Å². The number of aromatic nitrogens is 2. The van der Waals surface area contributed by atoms with Crippen molar-refractivity contribution < 1.29 is 14.4 Å². The molecule has 0 aliphatic rings. The number of amides is 1. The predicted octanol–water partition coefficient (Wildman–Crippen LogP) is 1.35. The monoisotopic (exact) mass is 359 g/mol. The smallest absolute Gasteiger partial charge is 0.251 e. The van der Waals surface area contributed by atoms with Crippen molar-refractivity contribution in [2.24, 2.45) is 0 Å². The lowest BCUT2D eigenvalue weighted by Crippen LogP contribution is -2.25. The molecule has 1 heterocycles. The van der Waals surface area contributed by atoms with E-state index in [1.54, 1.807) is 12.1 Å². The van der Waals surface area contributed by atoms with Gasteiger partial charge in [-0.15, -0.1) is 0 Å². The number of phenols is 1. The summed E-state index contributed by atoms with van der Waals surface area (Å²) in [4.78, 5) is 15.6. The number of rotatable bonds is 4. The molecule has 0 spiro atoms. The number of nitrogens with one attached hydrogen (secondary N) is 1. The maximum atomic E-state index is 11.7. The summed E-state index contributed by atoms with van der Waals surface area (Å²) in [5.41, 5.74) is 0.418. The zero-order chi connectivity index (χ0) is 13.0. The van der Waals surface area contributed by atoms with Crippen molar-refractivity contribution in [3.8, 4) is 5.75 Å². The van der Waals surface area contributed by atoms with Gasteiger partial charge in [-0.05, 0) is 40.8 Å². The van der Waals surface area contributed by atoms with Crippen molar-refractivity contribution >= 4 is 28.5 Å². The number of hydrogen-bond acceptors (Lipinski definition) is 5. The zero-order valence-corrected chi connectivity index (χ0v) is 11.4. The van der Waals surface area contributed by atoms with E-state index >= 15 is 0 Å². The summed E-state index contributed by atoms with van der Waals surface area (Å²) in [6.45, 7) is 0.408. The summed E-state index contributed by atoms with van der Waals surface area (Å²) < 4.78 is 5.28. The van der Waals surface area contributed by atoms with Gasteiger partial charge in [-0.1, -0.05) is 5.16 Å².